The molecule has 0 fully saturated rings. The van der Waals surface area contributed by atoms with Gasteiger partial charge in [-0.05, 0) is 55.4 Å². The van der Waals surface area contributed by atoms with Gasteiger partial charge in [-0.2, -0.15) is 0 Å². The van der Waals surface area contributed by atoms with Crippen LogP contribution in [0.5, 0.6) is 0 Å². The van der Waals surface area contributed by atoms with E-state index in [9.17, 15) is 4.79 Å². The lowest BCUT2D eigenvalue weighted by Crippen LogP contribution is -2.28. The standard InChI is InChI=1S/C23H25N3OS/c1-3-15-6-5-7-16(4-2)21(15)26-22(27)18-8-9-19-20(14-18)28-23(25-19)17-10-12-24-13-11-17/h5-7,10-13,18H,3-4,8-9,14H2,1-2H3,(H,26,27). The zero-order valence-electron chi connectivity index (χ0n) is 16.4. The van der Waals surface area contributed by atoms with Crippen molar-refractivity contribution < 1.29 is 4.79 Å². The summed E-state index contributed by atoms with van der Waals surface area (Å²) in [5.74, 6) is 0.146. The molecule has 0 bridgehead atoms. The summed E-state index contributed by atoms with van der Waals surface area (Å²) in [6, 6.07) is 10.3. The lowest BCUT2D eigenvalue weighted by molar-refractivity contribution is -0.120. The van der Waals surface area contributed by atoms with Crippen LogP contribution in [0.3, 0.4) is 0 Å². The lowest BCUT2D eigenvalue weighted by atomic mass is 9.90. The summed E-state index contributed by atoms with van der Waals surface area (Å²) in [6.45, 7) is 4.27. The van der Waals surface area contributed by atoms with Crippen LogP contribution in [0.15, 0.2) is 42.7 Å². The highest BCUT2D eigenvalue weighted by Crippen LogP contribution is 2.35. The minimum absolute atomic E-state index is 0.00728. The average molecular weight is 392 g/mol. The quantitative estimate of drug-likeness (QED) is 0.660. The first-order chi connectivity index (χ1) is 13.7. The fraction of sp³-hybridized carbons (Fsp3) is 0.348. The molecule has 1 N–H and O–H groups in total. The first kappa shape index (κ1) is 18.8. The molecule has 1 amide bonds. The van der Waals surface area contributed by atoms with E-state index in [0.717, 1.165) is 54.1 Å². The van der Waals surface area contributed by atoms with E-state index in [4.69, 9.17) is 4.98 Å². The molecule has 1 aliphatic carbocycles. The minimum Gasteiger partial charge on any atom is -0.325 e. The summed E-state index contributed by atoms with van der Waals surface area (Å²) in [6.07, 6.45) is 7.93. The van der Waals surface area contributed by atoms with Crippen LogP contribution >= 0.6 is 11.3 Å². The van der Waals surface area contributed by atoms with Crippen molar-refractivity contribution in [3.05, 3.63) is 64.4 Å². The molecule has 2 aromatic heterocycles. The van der Waals surface area contributed by atoms with Crippen LogP contribution in [-0.2, 0) is 30.5 Å². The fourth-order valence-electron chi connectivity index (χ4n) is 3.85. The molecule has 0 saturated carbocycles. The first-order valence-electron chi connectivity index (χ1n) is 10.00. The highest BCUT2D eigenvalue weighted by atomic mass is 32.1. The number of anilines is 1. The summed E-state index contributed by atoms with van der Waals surface area (Å²) in [5.41, 5.74) is 5.69. The van der Waals surface area contributed by atoms with Gasteiger partial charge in [0.25, 0.3) is 0 Å². The number of nitrogens with one attached hydrogen (secondary N) is 1. The molecule has 0 saturated heterocycles. The Morgan fingerprint density at radius 2 is 1.86 bits per heavy atom. The molecular formula is C23H25N3OS. The summed E-state index contributed by atoms with van der Waals surface area (Å²) >= 11 is 1.71. The van der Waals surface area contributed by atoms with Crippen LogP contribution in [0.1, 0.15) is 42.0 Å². The van der Waals surface area contributed by atoms with Crippen molar-refractivity contribution in [2.45, 2.75) is 46.0 Å². The lowest BCUT2D eigenvalue weighted by Gasteiger charge is -2.22. The number of para-hydroxylation sites is 1. The number of hydrogen-bond donors (Lipinski definition) is 1. The second kappa shape index (κ2) is 8.23. The fourth-order valence-corrected chi connectivity index (χ4v) is 5.04. The molecule has 4 rings (SSSR count). The molecule has 1 aromatic carbocycles. The Hall–Kier alpha value is -2.53. The van der Waals surface area contributed by atoms with E-state index in [1.54, 1.807) is 23.7 Å². The van der Waals surface area contributed by atoms with Crippen LogP contribution in [-0.4, -0.2) is 15.9 Å². The van der Waals surface area contributed by atoms with Crippen molar-refractivity contribution in [3.8, 4) is 10.6 Å². The van der Waals surface area contributed by atoms with Gasteiger partial charge in [-0.3, -0.25) is 9.78 Å². The topological polar surface area (TPSA) is 54.9 Å². The van der Waals surface area contributed by atoms with Crippen LogP contribution in [0.4, 0.5) is 5.69 Å². The predicted octanol–water partition coefficient (Wildman–Crippen LogP) is 5.07. The van der Waals surface area contributed by atoms with E-state index in [1.807, 2.05) is 12.1 Å². The number of aromatic nitrogens is 2. The maximum absolute atomic E-state index is 13.1. The Kier molecular flexibility index (Phi) is 5.53. The van der Waals surface area contributed by atoms with E-state index in [0.29, 0.717) is 0 Å². The molecule has 0 aliphatic heterocycles. The molecule has 5 heteroatoms. The number of thiazole rings is 1. The van der Waals surface area contributed by atoms with E-state index in [-0.39, 0.29) is 11.8 Å². The Morgan fingerprint density at radius 1 is 1.14 bits per heavy atom. The summed E-state index contributed by atoms with van der Waals surface area (Å²) in [5, 5.41) is 4.28. The Morgan fingerprint density at radius 3 is 2.54 bits per heavy atom. The van der Waals surface area contributed by atoms with Gasteiger partial charge >= 0.3 is 0 Å². The molecule has 1 atom stereocenters. The molecule has 3 aromatic rings. The molecule has 0 spiro atoms. The molecule has 2 heterocycles. The monoisotopic (exact) mass is 391 g/mol. The predicted molar refractivity (Wildman–Crippen MR) is 115 cm³/mol. The Bertz CT molecular complexity index is 959. The van der Waals surface area contributed by atoms with Crippen LogP contribution in [0.2, 0.25) is 0 Å². The van der Waals surface area contributed by atoms with E-state index >= 15 is 0 Å². The minimum atomic E-state index is 0.00728. The first-order valence-corrected chi connectivity index (χ1v) is 10.8. The summed E-state index contributed by atoms with van der Waals surface area (Å²) in [4.78, 5) is 23.2. The number of benzene rings is 1. The maximum atomic E-state index is 13.1. The molecule has 1 aliphatic rings. The summed E-state index contributed by atoms with van der Waals surface area (Å²) < 4.78 is 0. The number of nitrogens with zero attached hydrogens (tertiary/aromatic N) is 2. The molecular weight excluding hydrogens is 366 g/mol. The summed E-state index contributed by atoms with van der Waals surface area (Å²) in [7, 11) is 0. The van der Waals surface area contributed by atoms with Crippen molar-refractivity contribution in [1.82, 2.24) is 9.97 Å². The van der Waals surface area contributed by atoms with E-state index in [1.165, 1.54) is 16.0 Å². The van der Waals surface area contributed by atoms with E-state index < -0.39 is 0 Å². The van der Waals surface area contributed by atoms with Gasteiger partial charge in [0, 0.05) is 34.4 Å². The number of hydrogen-bond acceptors (Lipinski definition) is 4. The molecule has 28 heavy (non-hydrogen) atoms. The van der Waals surface area contributed by atoms with Crippen molar-refractivity contribution in [2.75, 3.05) is 5.32 Å². The highest BCUT2D eigenvalue weighted by Gasteiger charge is 2.28. The zero-order chi connectivity index (χ0) is 19.5. The molecule has 0 radical (unpaired) electrons. The third-order valence-electron chi connectivity index (χ3n) is 5.48. The number of carbonyl (C=O) groups excluding carboxylic acids is 1. The third kappa shape index (κ3) is 3.72. The van der Waals surface area contributed by atoms with Crippen molar-refractivity contribution in [2.24, 2.45) is 5.92 Å². The highest BCUT2D eigenvalue weighted by molar-refractivity contribution is 7.15. The number of rotatable bonds is 5. The van der Waals surface area contributed by atoms with Gasteiger partial charge in [-0.15, -0.1) is 11.3 Å². The van der Waals surface area contributed by atoms with Crippen molar-refractivity contribution in [1.29, 1.82) is 0 Å². The smallest absolute Gasteiger partial charge is 0.227 e. The van der Waals surface area contributed by atoms with Gasteiger partial charge in [0.15, 0.2) is 0 Å². The number of amides is 1. The largest absolute Gasteiger partial charge is 0.325 e. The van der Waals surface area contributed by atoms with Crippen LogP contribution < -0.4 is 5.32 Å². The van der Waals surface area contributed by atoms with Gasteiger partial charge in [0.05, 0.1) is 5.69 Å². The van der Waals surface area contributed by atoms with Gasteiger partial charge in [-0.1, -0.05) is 32.0 Å². The second-order valence-corrected chi connectivity index (χ2v) is 8.30. The number of fused-ring (bicyclic) bond motifs is 1. The molecule has 4 nitrogen and oxygen atoms in total. The van der Waals surface area contributed by atoms with E-state index in [2.05, 4.69) is 42.3 Å². The van der Waals surface area contributed by atoms with Gasteiger partial charge in [0.1, 0.15) is 5.01 Å². The zero-order valence-corrected chi connectivity index (χ0v) is 17.2. The van der Waals surface area contributed by atoms with Crippen molar-refractivity contribution >= 4 is 22.9 Å². The second-order valence-electron chi connectivity index (χ2n) is 7.21. The number of aryl methyl sites for hydroxylation is 3. The number of carbonyl (C=O) groups is 1. The van der Waals surface area contributed by atoms with Crippen LogP contribution in [0.25, 0.3) is 10.6 Å². The third-order valence-corrected chi connectivity index (χ3v) is 6.65. The Labute approximate surface area is 170 Å². The van der Waals surface area contributed by atoms with Gasteiger partial charge in [0.2, 0.25) is 5.91 Å². The SMILES string of the molecule is CCc1cccc(CC)c1NC(=O)C1CCc2nc(-c3ccncc3)sc2C1. The normalized spacial score (nSPS) is 15.9. The maximum Gasteiger partial charge on any atom is 0.227 e. The molecule has 144 valence electrons. The van der Waals surface area contributed by atoms with Gasteiger partial charge in [-0.25, -0.2) is 4.98 Å². The van der Waals surface area contributed by atoms with Crippen LogP contribution in [0, 0.1) is 5.92 Å². The van der Waals surface area contributed by atoms with Gasteiger partial charge < -0.3 is 5.32 Å². The Balaban J connectivity index is 1.52. The molecule has 1 unspecified atom stereocenters. The van der Waals surface area contributed by atoms with Crippen molar-refractivity contribution in [3.63, 3.8) is 0 Å². The average Bonchev–Trinajstić information content (AvgIpc) is 3.18. The number of pyridine rings is 1.